The smallest absolute Gasteiger partial charge is 0.387 e. The van der Waals surface area contributed by atoms with Gasteiger partial charge in [-0.15, -0.1) is 0 Å². The van der Waals surface area contributed by atoms with Gasteiger partial charge >= 0.3 is 6.61 Å². The van der Waals surface area contributed by atoms with Gasteiger partial charge in [0.1, 0.15) is 0 Å². The van der Waals surface area contributed by atoms with E-state index in [1.165, 1.54) is 24.1 Å². The van der Waals surface area contributed by atoms with Crippen LogP contribution in [0.5, 0.6) is 11.5 Å². The zero-order valence-corrected chi connectivity index (χ0v) is 14.0. The van der Waals surface area contributed by atoms with Crippen molar-refractivity contribution in [2.24, 2.45) is 0 Å². The number of benzene rings is 1. The molecule has 2 N–H and O–H groups in total. The summed E-state index contributed by atoms with van der Waals surface area (Å²) in [6, 6.07) is 3.62. The van der Waals surface area contributed by atoms with Crippen molar-refractivity contribution < 1.29 is 32.6 Å². The number of nitrogens with one attached hydrogen (secondary N) is 2. The number of halogens is 2. The van der Waals surface area contributed by atoms with Gasteiger partial charge in [0.05, 0.1) is 20.2 Å². The number of hydrogen-bond acceptors (Lipinski definition) is 5. The predicted molar refractivity (Wildman–Crippen MR) is 83.7 cm³/mol. The summed E-state index contributed by atoms with van der Waals surface area (Å²) in [6.07, 6.45) is 0. The lowest BCUT2D eigenvalue weighted by Gasteiger charge is -2.12. The first kappa shape index (κ1) is 20.1. The lowest BCUT2D eigenvalue weighted by atomic mass is 10.2. The first-order valence-electron chi connectivity index (χ1n) is 7.12. The van der Waals surface area contributed by atoms with Crippen molar-refractivity contribution in [3.8, 4) is 11.5 Å². The van der Waals surface area contributed by atoms with Crippen LogP contribution in [0, 0.1) is 0 Å². The number of rotatable bonds is 8. The Bertz CT molecular complexity index is 638. The maximum Gasteiger partial charge on any atom is 0.387 e. The molecule has 0 heterocycles. The van der Waals surface area contributed by atoms with Crippen LogP contribution in [0.2, 0.25) is 0 Å². The topological polar surface area (TPSA) is 97.0 Å². The Morgan fingerprint density at radius 1 is 1.12 bits per heavy atom. The SMILES string of the molecule is COc1cc(C(=O)NCC(=O)NCC(=O)N(C)C)ccc1OC(F)F. The van der Waals surface area contributed by atoms with E-state index in [9.17, 15) is 23.2 Å². The van der Waals surface area contributed by atoms with E-state index in [-0.39, 0.29) is 36.1 Å². The number of methoxy groups -OCH3 is 1. The van der Waals surface area contributed by atoms with Gasteiger partial charge in [-0.05, 0) is 18.2 Å². The second-order valence-electron chi connectivity index (χ2n) is 4.99. The van der Waals surface area contributed by atoms with E-state index in [0.29, 0.717) is 0 Å². The van der Waals surface area contributed by atoms with E-state index in [2.05, 4.69) is 15.4 Å². The molecule has 8 nitrogen and oxygen atoms in total. The van der Waals surface area contributed by atoms with E-state index in [0.717, 1.165) is 6.07 Å². The number of carbonyl (C=O) groups excluding carboxylic acids is 3. The number of alkyl halides is 2. The number of carbonyl (C=O) groups is 3. The second-order valence-corrected chi connectivity index (χ2v) is 4.99. The molecule has 0 saturated carbocycles. The van der Waals surface area contributed by atoms with Crippen molar-refractivity contribution in [3.05, 3.63) is 23.8 Å². The summed E-state index contributed by atoms with van der Waals surface area (Å²) in [5.41, 5.74) is 0.0932. The van der Waals surface area contributed by atoms with Crippen molar-refractivity contribution in [2.45, 2.75) is 6.61 Å². The van der Waals surface area contributed by atoms with E-state index in [1.54, 1.807) is 14.1 Å². The van der Waals surface area contributed by atoms with Gasteiger partial charge in [-0.3, -0.25) is 14.4 Å². The van der Waals surface area contributed by atoms with Crippen LogP contribution in [0.3, 0.4) is 0 Å². The highest BCUT2D eigenvalue weighted by atomic mass is 19.3. The number of ether oxygens (including phenoxy) is 2. The first-order chi connectivity index (χ1) is 11.7. The molecule has 0 fully saturated rings. The van der Waals surface area contributed by atoms with Crippen LogP contribution >= 0.6 is 0 Å². The average Bonchev–Trinajstić information content (AvgIpc) is 2.57. The fourth-order valence-electron chi connectivity index (χ4n) is 1.66. The molecule has 0 atom stereocenters. The summed E-state index contributed by atoms with van der Waals surface area (Å²) in [5, 5.41) is 4.69. The van der Waals surface area contributed by atoms with Gasteiger partial charge in [-0.1, -0.05) is 0 Å². The Balaban J connectivity index is 2.60. The highest BCUT2D eigenvalue weighted by Gasteiger charge is 2.15. The molecule has 1 aromatic carbocycles. The van der Waals surface area contributed by atoms with Crippen molar-refractivity contribution in [1.82, 2.24) is 15.5 Å². The molecule has 0 saturated heterocycles. The van der Waals surface area contributed by atoms with Gasteiger partial charge in [-0.25, -0.2) is 0 Å². The van der Waals surface area contributed by atoms with Crippen molar-refractivity contribution >= 4 is 17.7 Å². The number of amides is 3. The summed E-state index contributed by atoms with van der Waals surface area (Å²) in [7, 11) is 4.33. The molecule has 0 aliphatic rings. The van der Waals surface area contributed by atoms with Gasteiger partial charge in [0.2, 0.25) is 11.8 Å². The molecule has 25 heavy (non-hydrogen) atoms. The maximum absolute atomic E-state index is 12.3. The molecule has 10 heteroatoms. The highest BCUT2D eigenvalue weighted by molar-refractivity contribution is 5.97. The first-order valence-corrected chi connectivity index (χ1v) is 7.12. The molecular formula is C15H19F2N3O5. The summed E-state index contributed by atoms with van der Waals surface area (Å²) < 4.78 is 33.7. The molecule has 3 amide bonds. The van der Waals surface area contributed by atoms with E-state index >= 15 is 0 Å². The van der Waals surface area contributed by atoms with Gasteiger partial charge in [0.15, 0.2) is 11.5 Å². The Kier molecular flexibility index (Phi) is 7.57. The molecule has 0 spiro atoms. The molecule has 0 aromatic heterocycles. The standard InChI is InChI=1S/C15H19F2N3O5/c1-20(2)13(22)8-18-12(21)7-19-14(23)9-4-5-10(25-15(16)17)11(6-9)24-3/h4-6,15H,7-8H2,1-3H3,(H,18,21)(H,19,23). The third-order valence-corrected chi connectivity index (χ3v) is 2.99. The molecule has 138 valence electrons. The Morgan fingerprint density at radius 2 is 1.80 bits per heavy atom. The molecular weight excluding hydrogens is 340 g/mol. The fourth-order valence-corrected chi connectivity index (χ4v) is 1.66. The van der Waals surface area contributed by atoms with Crippen LogP contribution < -0.4 is 20.1 Å². The highest BCUT2D eigenvalue weighted by Crippen LogP contribution is 2.29. The summed E-state index contributed by atoms with van der Waals surface area (Å²) in [6.45, 7) is -3.56. The lowest BCUT2D eigenvalue weighted by molar-refractivity contribution is -0.130. The zero-order chi connectivity index (χ0) is 19.0. The van der Waals surface area contributed by atoms with Crippen LogP contribution in [0.25, 0.3) is 0 Å². The van der Waals surface area contributed by atoms with Gasteiger partial charge in [0, 0.05) is 19.7 Å². The number of hydrogen-bond donors (Lipinski definition) is 2. The number of likely N-dealkylation sites (N-methyl/N-ethyl adjacent to an activating group) is 1. The van der Waals surface area contributed by atoms with Crippen LogP contribution in [0.4, 0.5) is 8.78 Å². The van der Waals surface area contributed by atoms with E-state index < -0.39 is 18.4 Å². The van der Waals surface area contributed by atoms with Crippen LogP contribution in [0.1, 0.15) is 10.4 Å². The molecule has 0 aliphatic heterocycles. The lowest BCUT2D eigenvalue weighted by Crippen LogP contribution is -2.41. The average molecular weight is 359 g/mol. The minimum absolute atomic E-state index is 0.0472. The largest absolute Gasteiger partial charge is 0.493 e. The Labute approximate surface area is 143 Å². The molecule has 0 radical (unpaired) electrons. The Hall–Kier alpha value is -2.91. The summed E-state index contributed by atoms with van der Waals surface area (Å²) >= 11 is 0. The van der Waals surface area contributed by atoms with Crippen LogP contribution in [0.15, 0.2) is 18.2 Å². The summed E-state index contributed by atoms with van der Waals surface area (Å²) in [4.78, 5) is 36.2. The number of nitrogens with zero attached hydrogens (tertiary/aromatic N) is 1. The molecule has 1 aromatic rings. The minimum Gasteiger partial charge on any atom is -0.493 e. The quantitative estimate of drug-likeness (QED) is 0.693. The van der Waals surface area contributed by atoms with Crippen LogP contribution in [-0.2, 0) is 9.59 Å². The van der Waals surface area contributed by atoms with Gasteiger partial charge in [-0.2, -0.15) is 8.78 Å². The van der Waals surface area contributed by atoms with Crippen molar-refractivity contribution in [1.29, 1.82) is 0 Å². The van der Waals surface area contributed by atoms with Gasteiger partial charge < -0.3 is 25.0 Å². The molecule has 0 aliphatic carbocycles. The fraction of sp³-hybridized carbons (Fsp3) is 0.400. The predicted octanol–water partition coefficient (Wildman–Crippen LogP) is 0.231. The third-order valence-electron chi connectivity index (χ3n) is 2.99. The second kappa shape index (κ2) is 9.40. The zero-order valence-electron chi connectivity index (χ0n) is 14.0. The van der Waals surface area contributed by atoms with Crippen molar-refractivity contribution in [3.63, 3.8) is 0 Å². The van der Waals surface area contributed by atoms with E-state index in [4.69, 9.17) is 4.74 Å². The van der Waals surface area contributed by atoms with E-state index in [1.807, 2.05) is 0 Å². The maximum atomic E-state index is 12.3. The monoisotopic (exact) mass is 359 g/mol. The van der Waals surface area contributed by atoms with Crippen molar-refractivity contribution in [2.75, 3.05) is 34.3 Å². The summed E-state index contributed by atoms with van der Waals surface area (Å²) in [5.74, 6) is -1.72. The van der Waals surface area contributed by atoms with Crippen LogP contribution in [-0.4, -0.2) is 63.5 Å². The Morgan fingerprint density at radius 3 is 2.36 bits per heavy atom. The molecule has 1 rings (SSSR count). The minimum atomic E-state index is -3.03. The van der Waals surface area contributed by atoms with Gasteiger partial charge in [0.25, 0.3) is 5.91 Å². The normalized spacial score (nSPS) is 10.2. The third kappa shape index (κ3) is 6.61. The molecule has 0 unspecified atom stereocenters. The molecule has 0 bridgehead atoms.